The summed E-state index contributed by atoms with van der Waals surface area (Å²) in [5.74, 6) is 1.55. The van der Waals surface area contributed by atoms with Crippen molar-refractivity contribution >= 4 is 0 Å². The van der Waals surface area contributed by atoms with Crippen LogP contribution in [0.2, 0.25) is 0 Å². The van der Waals surface area contributed by atoms with E-state index < -0.39 is 0 Å². The van der Waals surface area contributed by atoms with Crippen molar-refractivity contribution in [3.8, 4) is 11.5 Å². The fourth-order valence-corrected chi connectivity index (χ4v) is 3.44. The zero-order valence-corrected chi connectivity index (χ0v) is 15.0. The summed E-state index contributed by atoms with van der Waals surface area (Å²) in [6.07, 6.45) is 0.809. The van der Waals surface area contributed by atoms with Gasteiger partial charge in [-0.3, -0.25) is 0 Å². The summed E-state index contributed by atoms with van der Waals surface area (Å²) < 4.78 is 11.0. The van der Waals surface area contributed by atoms with Crippen LogP contribution in [0, 0.1) is 0 Å². The van der Waals surface area contributed by atoms with Crippen molar-refractivity contribution in [2.75, 3.05) is 13.4 Å². The molecule has 27 heavy (non-hydrogen) atoms. The van der Waals surface area contributed by atoms with E-state index in [4.69, 9.17) is 9.47 Å². The fraction of sp³-hybridized carbons (Fsp3) is 0.217. The second-order valence-corrected chi connectivity index (χ2v) is 6.67. The number of aliphatic hydroxyl groups is 1. The van der Waals surface area contributed by atoms with Gasteiger partial charge in [0, 0.05) is 6.04 Å². The molecule has 0 radical (unpaired) electrons. The average Bonchev–Trinajstić information content (AvgIpc) is 3.20. The van der Waals surface area contributed by atoms with E-state index in [2.05, 4.69) is 23.5 Å². The lowest BCUT2D eigenvalue weighted by molar-refractivity contribution is 0.174. The Labute approximate surface area is 159 Å². The van der Waals surface area contributed by atoms with E-state index in [-0.39, 0.29) is 25.5 Å². The van der Waals surface area contributed by atoms with Gasteiger partial charge in [0.2, 0.25) is 6.79 Å². The topological polar surface area (TPSA) is 50.7 Å². The molecule has 0 saturated heterocycles. The Morgan fingerprint density at radius 2 is 1.48 bits per heavy atom. The molecule has 0 saturated carbocycles. The first-order valence-corrected chi connectivity index (χ1v) is 9.19. The Hall–Kier alpha value is -2.82. The van der Waals surface area contributed by atoms with Gasteiger partial charge in [-0.1, -0.05) is 66.7 Å². The molecule has 1 aliphatic heterocycles. The van der Waals surface area contributed by atoms with Crippen LogP contribution in [0.5, 0.6) is 11.5 Å². The number of benzene rings is 3. The quantitative estimate of drug-likeness (QED) is 0.667. The minimum absolute atomic E-state index is 0.0271. The minimum atomic E-state index is -0.148. The van der Waals surface area contributed by atoms with Crippen molar-refractivity contribution < 1.29 is 14.6 Å². The average molecular weight is 361 g/mol. The predicted octanol–water partition coefficient (Wildman–Crippen LogP) is 4.02. The first-order valence-electron chi connectivity index (χ1n) is 9.19. The molecule has 0 bridgehead atoms. The highest BCUT2D eigenvalue weighted by molar-refractivity contribution is 5.45. The zero-order valence-electron chi connectivity index (χ0n) is 15.0. The molecule has 0 amide bonds. The SMILES string of the molecule is OCC(NC(Cc1ccccc1)c1ccc2c(c1)OCO2)c1ccccc1. The summed E-state index contributed by atoms with van der Waals surface area (Å²) in [5, 5.41) is 13.6. The van der Waals surface area contributed by atoms with Gasteiger partial charge in [-0.25, -0.2) is 0 Å². The largest absolute Gasteiger partial charge is 0.454 e. The van der Waals surface area contributed by atoms with Crippen molar-refractivity contribution in [2.45, 2.75) is 18.5 Å². The standard InChI is InChI=1S/C23H23NO3/c25-15-21(18-9-5-2-6-10-18)24-20(13-17-7-3-1-4-8-17)19-11-12-22-23(14-19)27-16-26-22/h1-12,14,20-21,24-25H,13,15-16H2. The highest BCUT2D eigenvalue weighted by Gasteiger charge is 2.21. The van der Waals surface area contributed by atoms with Crippen molar-refractivity contribution in [3.63, 3.8) is 0 Å². The monoisotopic (exact) mass is 361 g/mol. The van der Waals surface area contributed by atoms with Crippen molar-refractivity contribution in [1.29, 1.82) is 0 Å². The Kier molecular flexibility index (Phi) is 5.37. The van der Waals surface area contributed by atoms with Crippen LogP contribution in [0.3, 0.4) is 0 Å². The van der Waals surface area contributed by atoms with E-state index in [1.54, 1.807) is 0 Å². The highest BCUT2D eigenvalue weighted by Crippen LogP contribution is 2.35. The van der Waals surface area contributed by atoms with Gasteiger partial charge in [-0.05, 0) is 35.2 Å². The van der Waals surface area contributed by atoms with Crippen molar-refractivity contribution in [2.24, 2.45) is 0 Å². The fourth-order valence-electron chi connectivity index (χ4n) is 3.44. The number of nitrogens with one attached hydrogen (secondary N) is 1. The number of rotatable bonds is 7. The third-order valence-corrected chi connectivity index (χ3v) is 4.87. The number of hydrogen-bond donors (Lipinski definition) is 2. The molecular formula is C23H23NO3. The predicted molar refractivity (Wildman–Crippen MR) is 105 cm³/mol. The third kappa shape index (κ3) is 4.13. The maximum atomic E-state index is 9.99. The zero-order chi connectivity index (χ0) is 18.5. The second kappa shape index (κ2) is 8.25. The van der Waals surface area contributed by atoms with E-state index in [0.717, 1.165) is 29.0 Å². The molecule has 0 spiro atoms. The van der Waals surface area contributed by atoms with E-state index in [9.17, 15) is 5.11 Å². The van der Waals surface area contributed by atoms with E-state index in [1.165, 1.54) is 5.56 Å². The molecule has 4 heteroatoms. The Bertz CT molecular complexity index is 867. The van der Waals surface area contributed by atoms with Gasteiger partial charge in [-0.2, -0.15) is 0 Å². The van der Waals surface area contributed by atoms with Crippen LogP contribution in [-0.4, -0.2) is 18.5 Å². The summed E-state index contributed by atoms with van der Waals surface area (Å²) in [7, 11) is 0. The lowest BCUT2D eigenvalue weighted by Gasteiger charge is -2.26. The summed E-state index contributed by atoms with van der Waals surface area (Å²) >= 11 is 0. The van der Waals surface area contributed by atoms with E-state index in [0.29, 0.717) is 0 Å². The van der Waals surface area contributed by atoms with Crippen LogP contribution >= 0.6 is 0 Å². The number of fused-ring (bicyclic) bond motifs is 1. The number of hydrogen-bond acceptors (Lipinski definition) is 4. The van der Waals surface area contributed by atoms with Gasteiger partial charge in [0.25, 0.3) is 0 Å². The van der Waals surface area contributed by atoms with Gasteiger partial charge in [0.05, 0.1) is 12.6 Å². The third-order valence-electron chi connectivity index (χ3n) is 4.87. The molecule has 4 nitrogen and oxygen atoms in total. The van der Waals surface area contributed by atoms with Crippen LogP contribution in [-0.2, 0) is 6.42 Å². The normalized spacial score (nSPS) is 14.7. The molecule has 138 valence electrons. The molecule has 1 aliphatic rings. The molecule has 0 aliphatic carbocycles. The number of ether oxygens (including phenoxy) is 2. The molecule has 1 heterocycles. The van der Waals surface area contributed by atoms with Crippen LogP contribution < -0.4 is 14.8 Å². The minimum Gasteiger partial charge on any atom is -0.454 e. The highest BCUT2D eigenvalue weighted by atomic mass is 16.7. The Balaban J connectivity index is 1.63. The molecule has 2 atom stereocenters. The molecule has 3 aromatic carbocycles. The van der Waals surface area contributed by atoms with Crippen LogP contribution in [0.15, 0.2) is 78.9 Å². The first kappa shape index (κ1) is 17.6. The van der Waals surface area contributed by atoms with Crippen molar-refractivity contribution in [3.05, 3.63) is 95.6 Å². The maximum Gasteiger partial charge on any atom is 0.231 e. The van der Waals surface area contributed by atoms with Gasteiger partial charge in [0.1, 0.15) is 0 Å². The smallest absolute Gasteiger partial charge is 0.231 e. The molecule has 0 aromatic heterocycles. The van der Waals surface area contributed by atoms with Crippen LogP contribution in [0.1, 0.15) is 28.8 Å². The molecule has 2 N–H and O–H groups in total. The second-order valence-electron chi connectivity index (χ2n) is 6.67. The summed E-state index contributed by atoms with van der Waals surface area (Å²) in [6, 6.07) is 26.3. The molecule has 2 unspecified atom stereocenters. The summed E-state index contributed by atoms with van der Waals surface area (Å²) in [4.78, 5) is 0. The first-order chi connectivity index (χ1) is 13.3. The molecule has 0 fully saturated rings. The van der Waals surface area contributed by atoms with Gasteiger partial charge < -0.3 is 19.9 Å². The summed E-state index contributed by atoms with van der Waals surface area (Å²) in [6.45, 7) is 0.290. The van der Waals surface area contributed by atoms with Gasteiger partial charge in [0.15, 0.2) is 11.5 Å². The molecular weight excluding hydrogens is 338 g/mol. The Morgan fingerprint density at radius 3 is 2.22 bits per heavy atom. The van der Waals surface area contributed by atoms with E-state index >= 15 is 0 Å². The molecule has 4 rings (SSSR count). The van der Waals surface area contributed by atoms with Crippen LogP contribution in [0.25, 0.3) is 0 Å². The van der Waals surface area contributed by atoms with Gasteiger partial charge in [-0.15, -0.1) is 0 Å². The molecule has 3 aromatic rings. The van der Waals surface area contributed by atoms with Gasteiger partial charge >= 0.3 is 0 Å². The number of aliphatic hydroxyl groups excluding tert-OH is 1. The lowest BCUT2D eigenvalue weighted by atomic mass is 9.96. The Morgan fingerprint density at radius 1 is 0.778 bits per heavy atom. The maximum absolute atomic E-state index is 9.99. The van der Waals surface area contributed by atoms with Crippen LogP contribution in [0.4, 0.5) is 0 Å². The summed E-state index contributed by atoms with van der Waals surface area (Å²) in [5.41, 5.74) is 3.41. The lowest BCUT2D eigenvalue weighted by Crippen LogP contribution is -2.30. The van der Waals surface area contributed by atoms with Crippen molar-refractivity contribution in [1.82, 2.24) is 5.32 Å². The van der Waals surface area contributed by atoms with E-state index in [1.807, 2.05) is 60.7 Å².